The van der Waals surface area contributed by atoms with Crippen LogP contribution in [0.2, 0.25) is 5.02 Å². The molecule has 0 aliphatic heterocycles. The molecule has 2 aromatic carbocycles. The van der Waals surface area contributed by atoms with Crippen LogP contribution in [-0.4, -0.2) is 17.1 Å². The van der Waals surface area contributed by atoms with E-state index in [1.807, 2.05) is 6.07 Å². The standard InChI is InChI=1S/C17H15ClN2O2/c1-11(16(21)12-6-8-14(18)9-7-12)20-17(22)15-5-3-2-4-13(15)10-19/h2-9,11,16,21H,1H3,(H,20,22). The molecule has 2 atom stereocenters. The molecule has 0 fully saturated rings. The molecule has 112 valence electrons. The van der Waals surface area contributed by atoms with E-state index in [0.29, 0.717) is 21.7 Å². The lowest BCUT2D eigenvalue weighted by atomic mass is 10.0. The molecule has 0 aliphatic rings. The Bertz CT molecular complexity index is 707. The van der Waals surface area contributed by atoms with Crippen molar-refractivity contribution in [3.63, 3.8) is 0 Å². The van der Waals surface area contributed by atoms with Crippen LogP contribution in [0.4, 0.5) is 0 Å². The van der Waals surface area contributed by atoms with Crippen molar-refractivity contribution in [2.75, 3.05) is 0 Å². The van der Waals surface area contributed by atoms with E-state index in [9.17, 15) is 9.90 Å². The van der Waals surface area contributed by atoms with Crippen LogP contribution in [0.1, 0.15) is 34.5 Å². The summed E-state index contributed by atoms with van der Waals surface area (Å²) in [5.41, 5.74) is 1.25. The lowest BCUT2D eigenvalue weighted by molar-refractivity contribution is 0.0852. The van der Waals surface area contributed by atoms with Crippen molar-refractivity contribution in [2.24, 2.45) is 0 Å². The first-order chi connectivity index (χ1) is 10.5. The van der Waals surface area contributed by atoms with Gasteiger partial charge >= 0.3 is 0 Å². The van der Waals surface area contributed by atoms with Gasteiger partial charge in [0.05, 0.1) is 29.3 Å². The van der Waals surface area contributed by atoms with E-state index >= 15 is 0 Å². The topological polar surface area (TPSA) is 73.1 Å². The fourth-order valence-electron chi connectivity index (χ4n) is 2.09. The minimum Gasteiger partial charge on any atom is -0.386 e. The predicted molar refractivity (Wildman–Crippen MR) is 84.5 cm³/mol. The Hall–Kier alpha value is -2.35. The van der Waals surface area contributed by atoms with Gasteiger partial charge in [0.1, 0.15) is 0 Å². The summed E-state index contributed by atoms with van der Waals surface area (Å²) >= 11 is 5.81. The van der Waals surface area contributed by atoms with E-state index < -0.39 is 18.1 Å². The van der Waals surface area contributed by atoms with E-state index in [4.69, 9.17) is 16.9 Å². The fourth-order valence-corrected chi connectivity index (χ4v) is 2.22. The Labute approximate surface area is 134 Å². The molecule has 0 saturated heterocycles. The van der Waals surface area contributed by atoms with E-state index in [-0.39, 0.29) is 0 Å². The molecule has 0 heterocycles. The summed E-state index contributed by atoms with van der Waals surface area (Å²) < 4.78 is 0. The number of nitrogens with zero attached hydrogens (tertiary/aromatic N) is 1. The molecule has 2 rings (SSSR count). The van der Waals surface area contributed by atoms with Crippen LogP contribution in [0.25, 0.3) is 0 Å². The first kappa shape index (κ1) is 16.0. The van der Waals surface area contributed by atoms with Crippen molar-refractivity contribution < 1.29 is 9.90 Å². The molecule has 4 nitrogen and oxygen atoms in total. The molecule has 0 aliphatic carbocycles. The van der Waals surface area contributed by atoms with Crippen molar-refractivity contribution >= 4 is 17.5 Å². The third-order valence-corrected chi connectivity index (χ3v) is 3.59. The van der Waals surface area contributed by atoms with Gasteiger partial charge in [-0.1, -0.05) is 35.9 Å². The Morgan fingerprint density at radius 1 is 1.23 bits per heavy atom. The van der Waals surface area contributed by atoms with Gasteiger partial charge in [0, 0.05) is 5.02 Å². The number of nitriles is 1. The zero-order valence-electron chi connectivity index (χ0n) is 12.0. The lowest BCUT2D eigenvalue weighted by Crippen LogP contribution is -2.37. The second-order valence-electron chi connectivity index (χ2n) is 4.92. The molecular weight excluding hydrogens is 300 g/mol. The molecule has 2 unspecified atom stereocenters. The molecule has 0 radical (unpaired) electrons. The average molecular weight is 315 g/mol. The van der Waals surface area contributed by atoms with Crippen molar-refractivity contribution in [3.8, 4) is 6.07 Å². The lowest BCUT2D eigenvalue weighted by Gasteiger charge is -2.21. The van der Waals surface area contributed by atoms with Crippen LogP contribution >= 0.6 is 11.6 Å². The minimum absolute atomic E-state index is 0.292. The summed E-state index contributed by atoms with van der Waals surface area (Å²) in [6.07, 6.45) is -0.865. The summed E-state index contributed by atoms with van der Waals surface area (Å²) in [7, 11) is 0. The first-order valence-electron chi connectivity index (χ1n) is 6.76. The third kappa shape index (κ3) is 3.64. The smallest absolute Gasteiger partial charge is 0.252 e. The fraction of sp³-hybridized carbons (Fsp3) is 0.176. The molecule has 0 aromatic heterocycles. The number of rotatable bonds is 4. The summed E-state index contributed by atoms with van der Waals surface area (Å²) in [6.45, 7) is 1.70. The van der Waals surface area contributed by atoms with Crippen LogP contribution < -0.4 is 5.32 Å². The van der Waals surface area contributed by atoms with E-state index in [0.717, 1.165) is 0 Å². The molecule has 2 N–H and O–H groups in total. The maximum Gasteiger partial charge on any atom is 0.252 e. The number of halogens is 1. The molecule has 5 heteroatoms. The van der Waals surface area contributed by atoms with E-state index in [2.05, 4.69) is 5.32 Å². The zero-order chi connectivity index (χ0) is 16.1. The summed E-state index contributed by atoms with van der Waals surface area (Å²) in [5, 5.41) is 22.6. The molecule has 0 bridgehead atoms. The number of amides is 1. The maximum absolute atomic E-state index is 12.2. The molecule has 22 heavy (non-hydrogen) atoms. The Balaban J connectivity index is 2.11. The summed E-state index contributed by atoms with van der Waals surface area (Å²) in [6, 6.07) is 14.8. The number of aliphatic hydroxyl groups excluding tert-OH is 1. The monoisotopic (exact) mass is 314 g/mol. The van der Waals surface area contributed by atoms with Gasteiger partial charge in [-0.25, -0.2) is 0 Å². The predicted octanol–water partition coefficient (Wildman–Crippen LogP) is 3.06. The Morgan fingerprint density at radius 2 is 1.86 bits per heavy atom. The average Bonchev–Trinajstić information content (AvgIpc) is 2.54. The Morgan fingerprint density at radius 3 is 2.50 bits per heavy atom. The summed E-state index contributed by atoms with van der Waals surface area (Å²) in [5.74, 6) is -0.391. The number of hydrogen-bond acceptors (Lipinski definition) is 3. The molecule has 0 saturated carbocycles. The molecule has 2 aromatic rings. The Kier molecular flexibility index (Phi) is 5.16. The van der Waals surface area contributed by atoms with Gasteiger partial charge in [-0.3, -0.25) is 4.79 Å². The van der Waals surface area contributed by atoms with Crippen LogP contribution in [0, 0.1) is 11.3 Å². The van der Waals surface area contributed by atoms with Crippen LogP contribution in [0.15, 0.2) is 48.5 Å². The molecule has 0 spiro atoms. The van der Waals surface area contributed by atoms with Crippen LogP contribution in [0.5, 0.6) is 0 Å². The van der Waals surface area contributed by atoms with Crippen molar-refractivity contribution in [3.05, 3.63) is 70.2 Å². The number of aliphatic hydroxyl groups is 1. The molecular formula is C17H15ClN2O2. The highest BCUT2D eigenvalue weighted by atomic mass is 35.5. The van der Waals surface area contributed by atoms with Gasteiger partial charge < -0.3 is 10.4 Å². The number of carbonyl (C=O) groups is 1. The van der Waals surface area contributed by atoms with Gasteiger partial charge in [-0.2, -0.15) is 5.26 Å². The van der Waals surface area contributed by atoms with Crippen molar-refractivity contribution in [1.82, 2.24) is 5.32 Å². The normalized spacial score (nSPS) is 13.0. The third-order valence-electron chi connectivity index (χ3n) is 3.34. The van der Waals surface area contributed by atoms with E-state index in [1.165, 1.54) is 0 Å². The second-order valence-corrected chi connectivity index (χ2v) is 5.35. The number of hydrogen-bond donors (Lipinski definition) is 2. The maximum atomic E-state index is 12.2. The van der Waals surface area contributed by atoms with Gasteiger partial charge in [-0.15, -0.1) is 0 Å². The number of benzene rings is 2. The highest BCUT2D eigenvalue weighted by molar-refractivity contribution is 6.30. The van der Waals surface area contributed by atoms with Gasteiger partial charge in [0.25, 0.3) is 5.91 Å². The highest BCUT2D eigenvalue weighted by Gasteiger charge is 2.20. The van der Waals surface area contributed by atoms with Crippen molar-refractivity contribution in [2.45, 2.75) is 19.1 Å². The number of nitrogens with one attached hydrogen (secondary N) is 1. The number of carbonyl (C=O) groups excluding carboxylic acids is 1. The molecule has 1 amide bonds. The zero-order valence-corrected chi connectivity index (χ0v) is 12.7. The van der Waals surface area contributed by atoms with Crippen molar-refractivity contribution in [1.29, 1.82) is 5.26 Å². The quantitative estimate of drug-likeness (QED) is 0.911. The van der Waals surface area contributed by atoms with Gasteiger partial charge in [-0.05, 0) is 36.8 Å². The highest BCUT2D eigenvalue weighted by Crippen LogP contribution is 2.19. The van der Waals surface area contributed by atoms with Crippen LogP contribution in [-0.2, 0) is 0 Å². The van der Waals surface area contributed by atoms with Crippen LogP contribution in [0.3, 0.4) is 0 Å². The summed E-state index contributed by atoms with van der Waals surface area (Å²) in [4.78, 5) is 12.2. The van der Waals surface area contributed by atoms with Gasteiger partial charge in [0.2, 0.25) is 0 Å². The largest absolute Gasteiger partial charge is 0.386 e. The SMILES string of the molecule is CC(NC(=O)c1ccccc1C#N)C(O)c1ccc(Cl)cc1. The van der Waals surface area contributed by atoms with Gasteiger partial charge in [0.15, 0.2) is 0 Å². The van der Waals surface area contributed by atoms with E-state index in [1.54, 1.807) is 55.5 Å². The minimum atomic E-state index is -0.865. The first-order valence-corrected chi connectivity index (χ1v) is 7.14. The second kappa shape index (κ2) is 7.08.